The second-order valence-electron chi connectivity index (χ2n) is 1.96. The van der Waals surface area contributed by atoms with Crippen LogP contribution in [0.3, 0.4) is 0 Å². The second kappa shape index (κ2) is 8.22. The molecule has 0 aromatic heterocycles. The molecule has 0 saturated heterocycles. The van der Waals surface area contributed by atoms with Crippen LogP contribution in [0.1, 0.15) is 0 Å². The summed E-state index contributed by atoms with van der Waals surface area (Å²) in [4.78, 5) is 0. The molecule has 0 aliphatic carbocycles. The first-order valence-electron chi connectivity index (χ1n) is 3.16. The Morgan fingerprint density at radius 2 is 1.13 bits per heavy atom. The van der Waals surface area contributed by atoms with Crippen LogP contribution in [0.5, 0.6) is 0 Å². The molecule has 0 spiro atoms. The molecule has 2 N–H and O–H groups in total. The molecule has 0 heterocycles. The third kappa shape index (κ3) is 20.2. The number of halogens is 6. The van der Waals surface area contributed by atoms with E-state index in [1.807, 2.05) is 0 Å². The van der Waals surface area contributed by atoms with Crippen LogP contribution in [0.15, 0.2) is 0 Å². The van der Waals surface area contributed by atoms with Gasteiger partial charge in [0.2, 0.25) is 0 Å². The maximum absolute atomic E-state index is 11.3. The number of rotatable bonds is 2. The van der Waals surface area contributed by atoms with E-state index in [2.05, 4.69) is 5.73 Å². The Bertz CT molecular complexity index is 161. The van der Waals surface area contributed by atoms with Crippen LogP contribution < -0.4 is 5.73 Å². The van der Waals surface area contributed by atoms with Gasteiger partial charge in [0.05, 0.1) is 0 Å². The molecule has 0 bridgehead atoms. The summed E-state index contributed by atoms with van der Waals surface area (Å²) >= 11 is 0. The SMILES string of the molecule is CN.O=S(CC(F)(F)F)CC(F)(F)F.S. The fraction of sp³-hybridized carbons (Fsp3) is 1.00. The molecule has 0 aliphatic heterocycles. The average Bonchev–Trinajstić information content (AvgIpc) is 1.82. The number of nitrogens with two attached hydrogens (primary N) is 1. The van der Waals surface area contributed by atoms with Gasteiger partial charge in [0.25, 0.3) is 0 Å². The minimum atomic E-state index is -4.81. The van der Waals surface area contributed by atoms with Crippen molar-refractivity contribution in [2.45, 2.75) is 12.4 Å². The van der Waals surface area contributed by atoms with Crippen LogP contribution in [-0.4, -0.2) is 35.1 Å². The normalized spacial score (nSPS) is 11.5. The van der Waals surface area contributed by atoms with E-state index in [-0.39, 0.29) is 13.5 Å². The van der Waals surface area contributed by atoms with E-state index in [1.54, 1.807) is 0 Å². The highest BCUT2D eigenvalue weighted by atomic mass is 32.2. The fourth-order valence-electron chi connectivity index (χ4n) is 0.416. The maximum atomic E-state index is 11.3. The summed E-state index contributed by atoms with van der Waals surface area (Å²) in [6.45, 7) is 0. The van der Waals surface area contributed by atoms with Crippen molar-refractivity contribution in [3.63, 3.8) is 0 Å². The molecule has 0 rings (SSSR count). The number of hydrogen-bond donors (Lipinski definition) is 1. The molecule has 0 aromatic carbocycles. The van der Waals surface area contributed by atoms with Gasteiger partial charge >= 0.3 is 12.4 Å². The third-order valence-electron chi connectivity index (χ3n) is 0.649. The molecule has 0 fully saturated rings. The van der Waals surface area contributed by atoms with Crippen LogP contribution in [-0.2, 0) is 10.8 Å². The van der Waals surface area contributed by atoms with Gasteiger partial charge < -0.3 is 5.73 Å². The van der Waals surface area contributed by atoms with Crippen molar-refractivity contribution in [1.82, 2.24) is 0 Å². The standard InChI is InChI=1S/C4H4F6OS.CH5N.H2S/c5-3(6,7)1-12(11)2-4(8,9)10;1-2;/h1-2H2;2H2,1H3;1H2. The van der Waals surface area contributed by atoms with E-state index < -0.39 is 34.7 Å². The van der Waals surface area contributed by atoms with Crippen LogP contribution in [0.4, 0.5) is 26.3 Å². The van der Waals surface area contributed by atoms with E-state index >= 15 is 0 Å². The lowest BCUT2D eigenvalue weighted by atomic mass is 10.8. The Kier molecular flexibility index (Phi) is 11.2. The molecule has 15 heavy (non-hydrogen) atoms. The fourth-order valence-corrected chi connectivity index (χ4v) is 1.25. The Morgan fingerprint density at radius 1 is 0.933 bits per heavy atom. The quantitative estimate of drug-likeness (QED) is 0.779. The van der Waals surface area contributed by atoms with Crippen LogP contribution in [0.25, 0.3) is 0 Å². The molecule has 96 valence electrons. The summed E-state index contributed by atoms with van der Waals surface area (Å²) < 4.78 is 78.1. The zero-order valence-corrected chi connectivity index (χ0v) is 9.39. The molecule has 0 unspecified atom stereocenters. The largest absolute Gasteiger partial charge is 0.400 e. The Morgan fingerprint density at radius 3 is 1.27 bits per heavy atom. The van der Waals surface area contributed by atoms with Crippen molar-refractivity contribution >= 4 is 24.3 Å². The van der Waals surface area contributed by atoms with Crippen molar-refractivity contribution < 1.29 is 30.6 Å². The molecule has 0 radical (unpaired) electrons. The Labute approximate surface area is 92.1 Å². The van der Waals surface area contributed by atoms with Crippen molar-refractivity contribution in [1.29, 1.82) is 0 Å². The predicted octanol–water partition coefficient (Wildman–Crippen LogP) is 1.55. The molecular formula is C5H11F6NOS2. The van der Waals surface area contributed by atoms with E-state index in [0.29, 0.717) is 0 Å². The van der Waals surface area contributed by atoms with E-state index in [4.69, 9.17) is 0 Å². The van der Waals surface area contributed by atoms with Crippen LogP contribution in [0.2, 0.25) is 0 Å². The van der Waals surface area contributed by atoms with Gasteiger partial charge in [0.1, 0.15) is 11.5 Å². The molecule has 0 aliphatic rings. The summed E-state index contributed by atoms with van der Waals surface area (Å²) in [5, 5.41) is 0. The molecule has 10 heteroatoms. The lowest BCUT2D eigenvalue weighted by molar-refractivity contribution is -0.110. The first kappa shape index (κ1) is 20.5. The monoisotopic (exact) mass is 279 g/mol. The van der Waals surface area contributed by atoms with E-state index in [0.717, 1.165) is 0 Å². The third-order valence-corrected chi connectivity index (χ3v) is 1.95. The average molecular weight is 279 g/mol. The first-order chi connectivity index (χ1) is 6.10. The van der Waals surface area contributed by atoms with Gasteiger partial charge in [0.15, 0.2) is 0 Å². The van der Waals surface area contributed by atoms with Gasteiger partial charge in [-0.05, 0) is 7.05 Å². The van der Waals surface area contributed by atoms with Crippen LogP contribution >= 0.6 is 13.5 Å². The van der Waals surface area contributed by atoms with Crippen LogP contribution in [0, 0.1) is 0 Å². The minimum absolute atomic E-state index is 0. The van der Waals surface area contributed by atoms with Crippen molar-refractivity contribution in [2.24, 2.45) is 5.73 Å². The minimum Gasteiger partial charge on any atom is -0.333 e. The summed E-state index contributed by atoms with van der Waals surface area (Å²) in [5.74, 6) is -3.82. The summed E-state index contributed by atoms with van der Waals surface area (Å²) in [6, 6.07) is 0. The predicted molar refractivity (Wildman–Crippen MR) is 50.5 cm³/mol. The van der Waals surface area contributed by atoms with Crippen molar-refractivity contribution in [2.75, 3.05) is 18.6 Å². The summed E-state index contributed by atoms with van der Waals surface area (Å²) in [7, 11) is -1.41. The first-order valence-corrected chi connectivity index (χ1v) is 4.65. The van der Waals surface area contributed by atoms with Gasteiger partial charge in [-0.3, -0.25) is 4.21 Å². The zero-order valence-electron chi connectivity index (χ0n) is 7.58. The highest BCUT2D eigenvalue weighted by molar-refractivity contribution is 7.85. The molecule has 0 aromatic rings. The Balaban J connectivity index is -0.000000449. The number of alkyl halides is 6. The summed E-state index contributed by atoms with van der Waals surface area (Å²) in [6.07, 6.45) is -9.62. The topological polar surface area (TPSA) is 43.1 Å². The molecule has 2 nitrogen and oxygen atoms in total. The lowest BCUT2D eigenvalue weighted by Crippen LogP contribution is -2.26. The maximum Gasteiger partial charge on any atom is 0.400 e. The number of hydrogen-bond acceptors (Lipinski definition) is 2. The smallest absolute Gasteiger partial charge is 0.333 e. The van der Waals surface area contributed by atoms with E-state index in [1.165, 1.54) is 7.05 Å². The van der Waals surface area contributed by atoms with Crippen molar-refractivity contribution in [3.8, 4) is 0 Å². The second-order valence-corrected chi connectivity index (χ2v) is 3.42. The molecule has 0 atom stereocenters. The molecule has 0 amide bonds. The van der Waals surface area contributed by atoms with Gasteiger partial charge in [-0.25, -0.2) is 0 Å². The molecular weight excluding hydrogens is 268 g/mol. The lowest BCUT2D eigenvalue weighted by Gasteiger charge is -2.07. The van der Waals surface area contributed by atoms with Gasteiger partial charge in [-0.2, -0.15) is 39.8 Å². The summed E-state index contributed by atoms with van der Waals surface area (Å²) in [5.41, 5.74) is 4.50. The molecule has 0 saturated carbocycles. The van der Waals surface area contributed by atoms with Crippen molar-refractivity contribution in [3.05, 3.63) is 0 Å². The van der Waals surface area contributed by atoms with Gasteiger partial charge in [0, 0.05) is 10.8 Å². The van der Waals surface area contributed by atoms with E-state index in [9.17, 15) is 30.6 Å². The Hall–Kier alpha value is 0.0400. The van der Waals surface area contributed by atoms with Gasteiger partial charge in [-0.1, -0.05) is 0 Å². The highest BCUT2D eigenvalue weighted by Crippen LogP contribution is 2.20. The highest BCUT2D eigenvalue weighted by Gasteiger charge is 2.36. The van der Waals surface area contributed by atoms with Gasteiger partial charge in [-0.15, -0.1) is 0 Å². The zero-order chi connectivity index (χ0) is 12.0.